The molecule has 0 unspecified atom stereocenters. The zero-order valence-corrected chi connectivity index (χ0v) is 5.99. The molecule has 0 spiro atoms. The molecule has 0 aromatic rings. The minimum atomic E-state index is -1.03. The molecule has 1 amide bonds. The largest absolute Gasteiger partial charge is 0.465 e. The van der Waals surface area contributed by atoms with Crippen molar-refractivity contribution < 1.29 is 14.7 Å². The highest BCUT2D eigenvalue weighted by molar-refractivity contribution is 5.93. The van der Waals surface area contributed by atoms with E-state index in [9.17, 15) is 9.59 Å². The summed E-state index contributed by atoms with van der Waals surface area (Å²) in [7, 11) is 0. The van der Waals surface area contributed by atoms with E-state index in [-0.39, 0.29) is 12.3 Å². The number of nitrogens with zero attached hydrogens (tertiary/aromatic N) is 1. The van der Waals surface area contributed by atoms with Gasteiger partial charge in [-0.15, -0.1) is 0 Å². The summed E-state index contributed by atoms with van der Waals surface area (Å²) in [6.45, 7) is 0.406. The lowest BCUT2D eigenvalue weighted by atomic mass is 10.3. The molecule has 60 valence electrons. The van der Waals surface area contributed by atoms with Gasteiger partial charge in [0.1, 0.15) is 0 Å². The first-order valence-electron chi connectivity index (χ1n) is 3.37. The molecule has 0 saturated heterocycles. The Morgan fingerprint density at radius 2 is 2.36 bits per heavy atom. The molecular weight excluding hydrogens is 146 g/mol. The van der Waals surface area contributed by atoms with E-state index in [4.69, 9.17) is 5.11 Å². The van der Waals surface area contributed by atoms with Crippen LogP contribution < -0.4 is 0 Å². The molecule has 11 heavy (non-hydrogen) atoms. The fraction of sp³-hybridized carbons (Fsp3) is 0.429. The average molecular weight is 155 g/mol. The van der Waals surface area contributed by atoms with Crippen molar-refractivity contribution >= 4 is 11.9 Å². The molecule has 0 saturated carbocycles. The van der Waals surface area contributed by atoms with E-state index in [1.54, 1.807) is 6.08 Å². The molecule has 1 heterocycles. The molecule has 0 aromatic heterocycles. The first-order chi connectivity index (χ1) is 5.20. The lowest BCUT2D eigenvalue weighted by Gasteiger charge is -2.13. The first-order valence-corrected chi connectivity index (χ1v) is 3.37. The van der Waals surface area contributed by atoms with Gasteiger partial charge in [0.15, 0.2) is 5.78 Å². The van der Waals surface area contributed by atoms with Crippen LogP contribution in [0.4, 0.5) is 4.79 Å². The Balaban J connectivity index is 2.59. The molecule has 0 aliphatic carbocycles. The van der Waals surface area contributed by atoms with E-state index < -0.39 is 6.09 Å². The lowest BCUT2D eigenvalue weighted by molar-refractivity contribution is -0.115. The summed E-state index contributed by atoms with van der Waals surface area (Å²) in [6.07, 6.45) is 2.73. The molecule has 0 fully saturated rings. The molecule has 0 atom stereocenters. The highest BCUT2D eigenvalue weighted by atomic mass is 16.4. The third-order valence-corrected chi connectivity index (χ3v) is 1.49. The Morgan fingerprint density at radius 1 is 1.64 bits per heavy atom. The van der Waals surface area contributed by atoms with Gasteiger partial charge >= 0.3 is 6.09 Å². The zero-order valence-electron chi connectivity index (χ0n) is 5.99. The van der Waals surface area contributed by atoms with E-state index in [0.29, 0.717) is 13.0 Å². The molecule has 0 radical (unpaired) electrons. The summed E-state index contributed by atoms with van der Waals surface area (Å²) < 4.78 is 0. The zero-order chi connectivity index (χ0) is 8.27. The normalized spacial score (nSPS) is 18.2. The third-order valence-electron chi connectivity index (χ3n) is 1.49. The van der Waals surface area contributed by atoms with Gasteiger partial charge in [-0.05, 0) is 12.5 Å². The van der Waals surface area contributed by atoms with Crippen LogP contribution in [-0.2, 0) is 4.79 Å². The van der Waals surface area contributed by atoms with Gasteiger partial charge in [0, 0.05) is 6.54 Å². The van der Waals surface area contributed by atoms with Gasteiger partial charge in [-0.2, -0.15) is 0 Å². The first kappa shape index (κ1) is 7.78. The van der Waals surface area contributed by atoms with Gasteiger partial charge in [0.05, 0.1) is 6.54 Å². The topological polar surface area (TPSA) is 57.6 Å². The smallest absolute Gasteiger partial charge is 0.407 e. The van der Waals surface area contributed by atoms with Crippen LogP contribution in [0.3, 0.4) is 0 Å². The number of hydrogen-bond acceptors (Lipinski definition) is 2. The predicted octanol–water partition coefficient (Wildman–Crippen LogP) is 0.495. The summed E-state index contributed by atoms with van der Waals surface area (Å²) in [6, 6.07) is 0. The predicted molar refractivity (Wildman–Crippen MR) is 38.4 cm³/mol. The van der Waals surface area contributed by atoms with Crippen LogP contribution in [0.5, 0.6) is 0 Å². The maximum absolute atomic E-state index is 10.8. The maximum atomic E-state index is 10.8. The van der Waals surface area contributed by atoms with Crippen molar-refractivity contribution in [1.82, 2.24) is 4.90 Å². The van der Waals surface area contributed by atoms with Gasteiger partial charge in [-0.25, -0.2) is 4.79 Å². The number of carbonyl (C=O) groups excluding carboxylic acids is 1. The molecule has 4 nitrogen and oxygen atoms in total. The minimum Gasteiger partial charge on any atom is -0.465 e. The highest BCUT2D eigenvalue weighted by Crippen LogP contribution is 1.99. The second-order valence-corrected chi connectivity index (χ2v) is 2.36. The number of ketones is 1. The summed E-state index contributed by atoms with van der Waals surface area (Å²) in [5.74, 6) is -0.148. The fourth-order valence-corrected chi connectivity index (χ4v) is 0.928. The minimum absolute atomic E-state index is 0.00810. The van der Waals surface area contributed by atoms with E-state index in [1.165, 1.54) is 6.08 Å². The number of carbonyl (C=O) groups is 2. The molecular formula is C7H9NO3. The van der Waals surface area contributed by atoms with Crippen molar-refractivity contribution in [2.75, 3.05) is 13.1 Å². The molecule has 0 bridgehead atoms. The van der Waals surface area contributed by atoms with Gasteiger partial charge < -0.3 is 10.0 Å². The lowest BCUT2D eigenvalue weighted by Crippen LogP contribution is -2.33. The van der Waals surface area contributed by atoms with E-state index in [2.05, 4.69) is 0 Å². The van der Waals surface area contributed by atoms with Gasteiger partial charge in [0.2, 0.25) is 0 Å². The molecule has 1 aliphatic rings. The Bertz CT molecular complexity index is 210. The molecule has 4 heteroatoms. The Kier molecular flexibility index (Phi) is 2.25. The van der Waals surface area contributed by atoms with Gasteiger partial charge in [-0.1, -0.05) is 6.08 Å². The van der Waals surface area contributed by atoms with Gasteiger partial charge in [-0.3, -0.25) is 4.79 Å². The van der Waals surface area contributed by atoms with Crippen LogP contribution in [0.25, 0.3) is 0 Å². The van der Waals surface area contributed by atoms with Crippen LogP contribution in [-0.4, -0.2) is 35.0 Å². The monoisotopic (exact) mass is 155 g/mol. The highest BCUT2D eigenvalue weighted by Gasteiger charge is 2.15. The molecule has 1 aliphatic heterocycles. The Labute approximate surface area is 64.1 Å². The molecule has 1 rings (SSSR count). The number of rotatable bonds is 0. The van der Waals surface area contributed by atoms with E-state index in [1.807, 2.05) is 0 Å². The van der Waals surface area contributed by atoms with Crippen LogP contribution in [0, 0.1) is 0 Å². The van der Waals surface area contributed by atoms with E-state index >= 15 is 0 Å². The quantitative estimate of drug-likeness (QED) is 0.554. The van der Waals surface area contributed by atoms with Crippen molar-refractivity contribution in [2.45, 2.75) is 6.42 Å². The maximum Gasteiger partial charge on any atom is 0.407 e. The number of amides is 1. The van der Waals surface area contributed by atoms with Crippen molar-refractivity contribution in [1.29, 1.82) is 0 Å². The van der Waals surface area contributed by atoms with Crippen molar-refractivity contribution in [3.05, 3.63) is 12.2 Å². The van der Waals surface area contributed by atoms with Crippen molar-refractivity contribution in [2.24, 2.45) is 0 Å². The van der Waals surface area contributed by atoms with E-state index in [0.717, 1.165) is 4.90 Å². The number of hydrogen-bond donors (Lipinski definition) is 1. The summed E-state index contributed by atoms with van der Waals surface area (Å²) in [5.41, 5.74) is 0. The summed E-state index contributed by atoms with van der Waals surface area (Å²) >= 11 is 0. The SMILES string of the molecule is O=C1C=CCCN(C(=O)O)C1. The van der Waals surface area contributed by atoms with Crippen LogP contribution in [0.15, 0.2) is 12.2 Å². The van der Waals surface area contributed by atoms with Crippen molar-refractivity contribution in [3.8, 4) is 0 Å². The van der Waals surface area contributed by atoms with Crippen LogP contribution in [0.2, 0.25) is 0 Å². The van der Waals surface area contributed by atoms with Crippen molar-refractivity contribution in [3.63, 3.8) is 0 Å². The third kappa shape index (κ3) is 2.07. The number of carboxylic acid groups (broad SMARTS) is 1. The summed E-state index contributed by atoms with van der Waals surface area (Å²) in [4.78, 5) is 22.3. The molecule has 0 aromatic carbocycles. The van der Waals surface area contributed by atoms with Gasteiger partial charge in [0.25, 0.3) is 0 Å². The second kappa shape index (κ2) is 3.18. The molecule has 1 N–H and O–H groups in total. The Hall–Kier alpha value is -1.32. The van der Waals surface area contributed by atoms with Crippen LogP contribution >= 0.6 is 0 Å². The average Bonchev–Trinajstić information content (AvgIpc) is 2.13. The fourth-order valence-electron chi connectivity index (χ4n) is 0.928. The summed E-state index contributed by atoms with van der Waals surface area (Å²) in [5, 5.41) is 8.53. The van der Waals surface area contributed by atoms with Crippen LogP contribution in [0.1, 0.15) is 6.42 Å². The Morgan fingerprint density at radius 3 is 3.00 bits per heavy atom. The second-order valence-electron chi connectivity index (χ2n) is 2.36. The standard InChI is InChI=1S/C7H9NO3/c9-6-3-1-2-4-8(5-6)7(10)11/h1,3H,2,4-5H2,(H,10,11).